The molecule has 0 saturated carbocycles. The van der Waals surface area contributed by atoms with Crippen molar-refractivity contribution < 1.29 is 17.9 Å². The van der Waals surface area contributed by atoms with Gasteiger partial charge in [-0.05, 0) is 6.42 Å². The van der Waals surface area contributed by atoms with Gasteiger partial charge in [-0.1, -0.05) is 6.92 Å². The van der Waals surface area contributed by atoms with Crippen molar-refractivity contribution in [3.8, 4) is 5.75 Å². The number of hydrogen-bond donors (Lipinski definition) is 1. The van der Waals surface area contributed by atoms with E-state index in [-0.39, 0.29) is 0 Å². The monoisotopic (exact) mass is 251 g/mol. The predicted octanol–water partition coefficient (Wildman–Crippen LogP) is 1.81. The smallest absolute Gasteiger partial charge is 0.396 e. The van der Waals surface area contributed by atoms with Gasteiger partial charge in [-0.15, -0.1) is 0 Å². The molecular weight excluding hydrogens is 235 g/mol. The summed E-state index contributed by atoms with van der Waals surface area (Å²) in [6, 6.07) is 0. The van der Waals surface area contributed by atoms with E-state index in [0.29, 0.717) is 12.3 Å². The lowest BCUT2D eigenvalue weighted by Crippen LogP contribution is -2.34. The molecule has 1 aromatic heterocycles. The molecular formula is C10H16F3N3O. The van der Waals surface area contributed by atoms with Gasteiger partial charge in [-0.25, -0.2) is 0 Å². The van der Waals surface area contributed by atoms with Crippen LogP contribution in [0.1, 0.15) is 13.3 Å². The van der Waals surface area contributed by atoms with Gasteiger partial charge < -0.3 is 10.5 Å². The van der Waals surface area contributed by atoms with Gasteiger partial charge in [-0.2, -0.15) is 18.3 Å². The average molecular weight is 251 g/mol. The van der Waals surface area contributed by atoms with Crippen molar-refractivity contribution in [3.63, 3.8) is 0 Å². The summed E-state index contributed by atoms with van der Waals surface area (Å²) in [6.45, 7) is 1.74. The number of rotatable bonds is 6. The van der Waals surface area contributed by atoms with Gasteiger partial charge in [0.2, 0.25) is 0 Å². The molecule has 0 fully saturated rings. The molecule has 1 aromatic rings. The lowest BCUT2D eigenvalue weighted by molar-refractivity contribution is -0.178. The van der Waals surface area contributed by atoms with E-state index in [1.807, 2.05) is 6.92 Å². The molecule has 1 heterocycles. The number of halogens is 3. The Morgan fingerprint density at radius 3 is 2.76 bits per heavy atom. The Morgan fingerprint density at radius 2 is 2.24 bits per heavy atom. The SMILES string of the molecule is CCCn1cc(OCC(CN)C(F)(F)F)cn1. The fourth-order valence-corrected chi connectivity index (χ4v) is 1.26. The molecule has 98 valence electrons. The molecule has 7 heteroatoms. The minimum Gasteiger partial charge on any atom is -0.490 e. The molecule has 1 atom stereocenters. The van der Waals surface area contributed by atoms with E-state index in [1.54, 1.807) is 10.9 Å². The van der Waals surface area contributed by atoms with Gasteiger partial charge in [0, 0.05) is 13.1 Å². The third kappa shape index (κ3) is 4.26. The number of alkyl halides is 3. The van der Waals surface area contributed by atoms with Gasteiger partial charge >= 0.3 is 6.18 Å². The van der Waals surface area contributed by atoms with Gasteiger partial charge in [0.05, 0.1) is 12.4 Å². The minimum atomic E-state index is -4.33. The van der Waals surface area contributed by atoms with Crippen molar-refractivity contribution in [2.75, 3.05) is 13.2 Å². The van der Waals surface area contributed by atoms with E-state index < -0.39 is 25.2 Å². The molecule has 0 aromatic carbocycles. The standard InChI is InChI=1S/C10H16F3N3O/c1-2-3-16-6-9(5-15-16)17-7-8(4-14)10(11,12)13/h5-6,8H,2-4,7,14H2,1H3. The van der Waals surface area contributed by atoms with Crippen molar-refractivity contribution in [2.45, 2.75) is 26.1 Å². The van der Waals surface area contributed by atoms with Crippen molar-refractivity contribution >= 4 is 0 Å². The van der Waals surface area contributed by atoms with Crippen LogP contribution in [0.25, 0.3) is 0 Å². The summed E-state index contributed by atoms with van der Waals surface area (Å²) < 4.78 is 43.8. The third-order valence-electron chi connectivity index (χ3n) is 2.26. The highest BCUT2D eigenvalue weighted by Crippen LogP contribution is 2.26. The summed E-state index contributed by atoms with van der Waals surface area (Å²) in [5.41, 5.74) is 5.06. The summed E-state index contributed by atoms with van der Waals surface area (Å²) in [4.78, 5) is 0. The molecule has 0 aliphatic carbocycles. The number of aryl methyl sites for hydroxylation is 1. The molecule has 0 aliphatic heterocycles. The van der Waals surface area contributed by atoms with E-state index in [0.717, 1.165) is 6.42 Å². The van der Waals surface area contributed by atoms with Crippen molar-refractivity contribution in [2.24, 2.45) is 11.7 Å². The Morgan fingerprint density at radius 1 is 1.53 bits per heavy atom. The van der Waals surface area contributed by atoms with Crippen LogP contribution >= 0.6 is 0 Å². The van der Waals surface area contributed by atoms with Gasteiger partial charge in [0.25, 0.3) is 0 Å². The topological polar surface area (TPSA) is 53.1 Å². The summed E-state index contributed by atoms with van der Waals surface area (Å²) in [5.74, 6) is -1.31. The van der Waals surface area contributed by atoms with Crippen LogP contribution in [0.2, 0.25) is 0 Å². The fraction of sp³-hybridized carbons (Fsp3) is 0.700. The molecule has 0 amide bonds. The molecule has 0 spiro atoms. The van der Waals surface area contributed by atoms with Crippen molar-refractivity contribution in [1.29, 1.82) is 0 Å². The van der Waals surface area contributed by atoms with Crippen LogP contribution in [0.4, 0.5) is 13.2 Å². The normalized spacial score (nSPS) is 13.7. The fourth-order valence-electron chi connectivity index (χ4n) is 1.26. The van der Waals surface area contributed by atoms with Crippen LogP contribution < -0.4 is 10.5 Å². The van der Waals surface area contributed by atoms with E-state index in [4.69, 9.17) is 10.5 Å². The molecule has 1 unspecified atom stereocenters. The predicted molar refractivity (Wildman–Crippen MR) is 56.6 cm³/mol. The lowest BCUT2D eigenvalue weighted by Gasteiger charge is -2.17. The first-order valence-corrected chi connectivity index (χ1v) is 5.39. The molecule has 0 saturated heterocycles. The average Bonchev–Trinajstić information content (AvgIpc) is 2.65. The summed E-state index contributed by atoms with van der Waals surface area (Å²) in [6.07, 6.45) is -0.448. The van der Waals surface area contributed by atoms with Gasteiger partial charge in [0.15, 0.2) is 5.75 Å². The second-order valence-electron chi connectivity index (χ2n) is 3.72. The first-order valence-electron chi connectivity index (χ1n) is 5.39. The Bertz CT molecular complexity index is 338. The zero-order valence-corrected chi connectivity index (χ0v) is 9.57. The van der Waals surface area contributed by atoms with E-state index in [1.165, 1.54) is 6.20 Å². The maximum Gasteiger partial charge on any atom is 0.396 e. The van der Waals surface area contributed by atoms with Crippen molar-refractivity contribution in [1.82, 2.24) is 9.78 Å². The maximum atomic E-state index is 12.4. The highest BCUT2D eigenvalue weighted by atomic mass is 19.4. The second kappa shape index (κ2) is 5.90. The van der Waals surface area contributed by atoms with Crippen LogP contribution in [0.5, 0.6) is 5.75 Å². The Kier molecular flexibility index (Phi) is 4.80. The molecule has 17 heavy (non-hydrogen) atoms. The van der Waals surface area contributed by atoms with Crippen LogP contribution in [-0.4, -0.2) is 29.1 Å². The molecule has 0 aliphatic rings. The minimum absolute atomic E-state index is 0.334. The second-order valence-corrected chi connectivity index (χ2v) is 3.72. The van der Waals surface area contributed by atoms with Crippen molar-refractivity contribution in [3.05, 3.63) is 12.4 Å². The van der Waals surface area contributed by atoms with Gasteiger partial charge in [0.1, 0.15) is 12.5 Å². The van der Waals surface area contributed by atoms with Crippen LogP contribution in [0.3, 0.4) is 0 Å². The zero-order chi connectivity index (χ0) is 12.9. The van der Waals surface area contributed by atoms with E-state index in [2.05, 4.69) is 5.10 Å². The summed E-state index contributed by atoms with van der Waals surface area (Å²) in [7, 11) is 0. The molecule has 4 nitrogen and oxygen atoms in total. The number of ether oxygens (including phenoxy) is 1. The zero-order valence-electron chi connectivity index (χ0n) is 9.57. The molecule has 1 rings (SSSR count). The van der Waals surface area contributed by atoms with Gasteiger partial charge in [-0.3, -0.25) is 4.68 Å². The largest absolute Gasteiger partial charge is 0.490 e. The van der Waals surface area contributed by atoms with E-state index in [9.17, 15) is 13.2 Å². The van der Waals surface area contributed by atoms with Crippen LogP contribution in [0, 0.1) is 5.92 Å². The summed E-state index contributed by atoms with van der Waals surface area (Å²) >= 11 is 0. The Hall–Kier alpha value is -1.24. The number of nitrogens with zero attached hydrogens (tertiary/aromatic N) is 2. The summed E-state index contributed by atoms with van der Waals surface area (Å²) in [5, 5.41) is 3.95. The van der Waals surface area contributed by atoms with Crippen LogP contribution in [-0.2, 0) is 6.54 Å². The first-order chi connectivity index (χ1) is 7.97. The first kappa shape index (κ1) is 13.8. The quantitative estimate of drug-likeness (QED) is 0.838. The molecule has 0 bridgehead atoms. The molecule has 0 radical (unpaired) electrons. The van der Waals surface area contributed by atoms with Crippen LogP contribution in [0.15, 0.2) is 12.4 Å². The molecule has 2 N–H and O–H groups in total. The van der Waals surface area contributed by atoms with E-state index >= 15 is 0 Å². The highest BCUT2D eigenvalue weighted by molar-refractivity contribution is 5.11. The number of aromatic nitrogens is 2. The maximum absolute atomic E-state index is 12.4. The lowest BCUT2D eigenvalue weighted by atomic mass is 10.1. The number of hydrogen-bond acceptors (Lipinski definition) is 3. The third-order valence-corrected chi connectivity index (χ3v) is 2.26. The highest BCUT2D eigenvalue weighted by Gasteiger charge is 2.39. The Labute approximate surface area is 97.5 Å². The Balaban J connectivity index is 2.48. The number of nitrogens with two attached hydrogens (primary N) is 1.